The zero-order valence-corrected chi connectivity index (χ0v) is 15.9. The van der Waals surface area contributed by atoms with Crippen LogP contribution in [0.15, 0.2) is 23.2 Å². The highest BCUT2D eigenvalue weighted by molar-refractivity contribution is 5.67. The monoisotopic (exact) mass is 301 g/mol. The molecule has 1 rings (SSSR count). The highest BCUT2D eigenvalue weighted by Crippen LogP contribution is 2.35. The first kappa shape index (κ1) is 18.9. The van der Waals surface area contributed by atoms with Gasteiger partial charge in [-0.3, -0.25) is 4.99 Å². The van der Waals surface area contributed by atoms with Gasteiger partial charge in [0.25, 0.3) is 0 Å². The third-order valence-electron chi connectivity index (χ3n) is 5.04. The summed E-state index contributed by atoms with van der Waals surface area (Å²) in [5, 5.41) is 0. The quantitative estimate of drug-likeness (QED) is 0.476. The molecule has 1 nitrogen and oxygen atoms in total. The molecule has 0 amide bonds. The van der Waals surface area contributed by atoms with Crippen molar-refractivity contribution in [3.63, 3.8) is 0 Å². The normalized spacial score (nSPS) is 13.0. The average Bonchev–Trinajstić information content (AvgIpc) is 2.42. The number of nitrogens with zero attached hydrogens (tertiary/aromatic N) is 1. The Morgan fingerprint density at radius 3 is 1.86 bits per heavy atom. The minimum Gasteiger partial charge on any atom is -0.261 e. The van der Waals surface area contributed by atoms with E-state index < -0.39 is 0 Å². The molecule has 0 atom stereocenters. The second-order valence-electron chi connectivity index (χ2n) is 8.09. The molecule has 0 aliphatic rings. The van der Waals surface area contributed by atoms with E-state index in [0.29, 0.717) is 23.2 Å². The molecule has 124 valence electrons. The lowest BCUT2D eigenvalue weighted by molar-refractivity contribution is 0.234. The Kier molecular flexibility index (Phi) is 6.84. The molecule has 0 bridgehead atoms. The molecule has 0 heterocycles. The lowest BCUT2D eigenvalue weighted by Gasteiger charge is -2.28. The van der Waals surface area contributed by atoms with Gasteiger partial charge in [-0.05, 0) is 47.1 Å². The summed E-state index contributed by atoms with van der Waals surface area (Å²) in [4.78, 5) is 4.89. The second kappa shape index (κ2) is 7.94. The smallest absolute Gasteiger partial charge is 0.0694 e. The van der Waals surface area contributed by atoms with Gasteiger partial charge in [-0.1, -0.05) is 73.6 Å². The van der Waals surface area contributed by atoms with E-state index in [-0.39, 0.29) is 0 Å². The van der Waals surface area contributed by atoms with E-state index in [1.807, 2.05) is 0 Å². The van der Waals surface area contributed by atoms with Gasteiger partial charge in [0.15, 0.2) is 0 Å². The van der Waals surface area contributed by atoms with Crippen molar-refractivity contribution in [2.24, 2.45) is 16.3 Å². The van der Waals surface area contributed by atoms with E-state index in [2.05, 4.69) is 79.8 Å². The highest BCUT2D eigenvalue weighted by atomic mass is 14.7. The van der Waals surface area contributed by atoms with Crippen LogP contribution in [0.4, 0.5) is 5.69 Å². The zero-order valence-electron chi connectivity index (χ0n) is 15.9. The van der Waals surface area contributed by atoms with Crippen molar-refractivity contribution in [1.29, 1.82) is 0 Å². The molecule has 1 heteroatoms. The fourth-order valence-corrected chi connectivity index (χ4v) is 2.54. The van der Waals surface area contributed by atoms with Crippen molar-refractivity contribution in [3.8, 4) is 0 Å². The van der Waals surface area contributed by atoms with Crippen molar-refractivity contribution in [1.82, 2.24) is 0 Å². The Labute approximate surface area is 138 Å². The summed E-state index contributed by atoms with van der Waals surface area (Å²) < 4.78 is 0. The average molecular weight is 302 g/mol. The molecule has 1 aromatic carbocycles. The second-order valence-corrected chi connectivity index (χ2v) is 8.09. The SMILES string of the molecule is CC(C)c1cccc(C(C)C)c1N=CCCC(C)(C)C(C)C. The third kappa shape index (κ3) is 4.97. The van der Waals surface area contributed by atoms with Gasteiger partial charge in [0.05, 0.1) is 5.69 Å². The number of benzene rings is 1. The molecule has 0 aliphatic heterocycles. The number of aliphatic imine (C=N–C) groups is 1. The lowest BCUT2D eigenvalue weighted by atomic mass is 9.77. The Balaban J connectivity index is 2.94. The summed E-state index contributed by atoms with van der Waals surface area (Å²) in [5.41, 5.74) is 4.32. The summed E-state index contributed by atoms with van der Waals surface area (Å²) in [5.74, 6) is 1.73. The molecular formula is C21H35N. The Bertz CT molecular complexity index is 466. The van der Waals surface area contributed by atoms with E-state index in [4.69, 9.17) is 4.99 Å². The number of para-hydroxylation sites is 1. The number of rotatable bonds is 7. The van der Waals surface area contributed by atoms with Crippen LogP contribution in [0.5, 0.6) is 0 Å². The summed E-state index contributed by atoms with van der Waals surface area (Å²) in [6.07, 6.45) is 4.38. The summed E-state index contributed by atoms with van der Waals surface area (Å²) in [7, 11) is 0. The van der Waals surface area contributed by atoms with Gasteiger partial charge in [-0.2, -0.15) is 0 Å². The number of hydrogen-bond acceptors (Lipinski definition) is 1. The minimum atomic E-state index is 0.379. The molecule has 0 N–H and O–H groups in total. The standard InChI is InChI=1S/C21H35N/c1-15(2)18-11-9-12-19(16(3)4)20(18)22-14-10-13-21(7,8)17(5)6/h9,11-12,14-17H,10,13H2,1-8H3. The van der Waals surface area contributed by atoms with E-state index >= 15 is 0 Å². The molecule has 0 spiro atoms. The Hall–Kier alpha value is -1.11. The molecule has 0 unspecified atom stereocenters. The molecule has 1 aromatic rings. The molecule has 0 aromatic heterocycles. The topological polar surface area (TPSA) is 12.4 Å². The Morgan fingerprint density at radius 1 is 0.955 bits per heavy atom. The maximum absolute atomic E-state index is 4.89. The van der Waals surface area contributed by atoms with Gasteiger partial charge in [0.1, 0.15) is 0 Å². The molecule has 0 fully saturated rings. The molecule has 0 saturated heterocycles. The van der Waals surface area contributed by atoms with Crippen LogP contribution in [-0.4, -0.2) is 6.21 Å². The van der Waals surface area contributed by atoms with E-state index in [1.54, 1.807) is 0 Å². The minimum absolute atomic E-state index is 0.379. The maximum atomic E-state index is 4.89. The first-order valence-corrected chi connectivity index (χ1v) is 8.82. The van der Waals surface area contributed by atoms with Crippen LogP contribution in [0.1, 0.15) is 91.2 Å². The van der Waals surface area contributed by atoms with Gasteiger partial charge in [-0.15, -0.1) is 0 Å². The molecule has 22 heavy (non-hydrogen) atoms. The van der Waals surface area contributed by atoms with Crippen LogP contribution in [0.3, 0.4) is 0 Å². The predicted octanol–water partition coefficient (Wildman–Crippen LogP) is 7.10. The van der Waals surface area contributed by atoms with Crippen molar-refractivity contribution in [2.75, 3.05) is 0 Å². The largest absolute Gasteiger partial charge is 0.261 e. The first-order chi connectivity index (χ1) is 10.2. The first-order valence-electron chi connectivity index (χ1n) is 8.82. The molecule has 0 radical (unpaired) electrons. The van der Waals surface area contributed by atoms with Crippen LogP contribution in [0.25, 0.3) is 0 Å². The highest BCUT2D eigenvalue weighted by Gasteiger charge is 2.21. The van der Waals surface area contributed by atoms with Gasteiger partial charge in [0.2, 0.25) is 0 Å². The fraction of sp³-hybridized carbons (Fsp3) is 0.667. The fourth-order valence-electron chi connectivity index (χ4n) is 2.54. The zero-order chi connectivity index (χ0) is 16.9. The van der Waals surface area contributed by atoms with Gasteiger partial charge < -0.3 is 0 Å². The van der Waals surface area contributed by atoms with Crippen molar-refractivity contribution in [3.05, 3.63) is 29.3 Å². The lowest BCUT2D eigenvalue weighted by Crippen LogP contribution is -2.18. The van der Waals surface area contributed by atoms with Crippen LogP contribution < -0.4 is 0 Å². The number of hydrogen-bond donors (Lipinski definition) is 0. The molecular weight excluding hydrogens is 266 g/mol. The van der Waals surface area contributed by atoms with E-state index in [9.17, 15) is 0 Å². The summed E-state index contributed by atoms with van der Waals surface area (Å²) in [6, 6.07) is 6.62. The Morgan fingerprint density at radius 2 is 1.45 bits per heavy atom. The van der Waals surface area contributed by atoms with E-state index in [0.717, 1.165) is 6.42 Å². The third-order valence-corrected chi connectivity index (χ3v) is 5.04. The van der Waals surface area contributed by atoms with Crippen molar-refractivity contribution in [2.45, 2.75) is 80.1 Å². The van der Waals surface area contributed by atoms with E-state index in [1.165, 1.54) is 23.2 Å². The predicted molar refractivity (Wildman–Crippen MR) is 101 cm³/mol. The van der Waals surface area contributed by atoms with Crippen molar-refractivity contribution >= 4 is 11.9 Å². The summed E-state index contributed by atoms with van der Waals surface area (Å²) in [6.45, 7) is 18.3. The van der Waals surface area contributed by atoms with Crippen LogP contribution in [0, 0.1) is 11.3 Å². The summed E-state index contributed by atoms with van der Waals surface area (Å²) >= 11 is 0. The van der Waals surface area contributed by atoms with Crippen LogP contribution in [0.2, 0.25) is 0 Å². The van der Waals surface area contributed by atoms with Gasteiger partial charge in [-0.25, -0.2) is 0 Å². The van der Waals surface area contributed by atoms with Crippen LogP contribution in [-0.2, 0) is 0 Å². The molecule has 0 aliphatic carbocycles. The van der Waals surface area contributed by atoms with Crippen molar-refractivity contribution < 1.29 is 0 Å². The molecule has 0 saturated carbocycles. The van der Waals surface area contributed by atoms with Crippen LogP contribution >= 0.6 is 0 Å². The maximum Gasteiger partial charge on any atom is 0.0694 e. The van der Waals surface area contributed by atoms with Gasteiger partial charge >= 0.3 is 0 Å². The van der Waals surface area contributed by atoms with Gasteiger partial charge in [0, 0.05) is 6.21 Å².